The number of hydrogen-bond donors (Lipinski definition) is 3. The van der Waals surface area contributed by atoms with Crippen LogP contribution in [0.1, 0.15) is 114 Å². The number of allylic oxidation sites excluding steroid dienone is 6. The molecular formula is C43H67KO10. The summed E-state index contributed by atoms with van der Waals surface area (Å²) in [6.45, 7) is 12.7. The average Bonchev–Trinajstić information content (AvgIpc) is 3.06. The van der Waals surface area contributed by atoms with Crippen molar-refractivity contribution < 1.29 is 102 Å². The summed E-state index contributed by atoms with van der Waals surface area (Å²) in [6, 6.07) is 0. The standard InChI is InChI=1S/C24H36O5.C19H28O4.K.H2O.H2/c1-5-15(3)24(27)29-21-11-14(2)10-17-7-6-16(4)20(23(17)21)9-8-19-12-18(25)13-22(26)28-19;1-11-7-13-4-3-12(2)16(19(13)17(21)8-11)6-5-15-9-14(20)10-18(22)23-15;;;/h6-7,10,14-16,18-21,23,25H,5,8-9,11-13H2,1-4H3;3-4,7,11-12,14-17,19-21H,5-6,8-10H2,1-2H3;;1H2;1H/q;;+1;;/p-1/t14?,15?,16?,18?,19-,20?,21?,23?;;;;/m1..../s1/i;;;;1+1. The monoisotopic (exact) mass is 783 g/mol. The third-order valence-electron chi connectivity index (χ3n) is 12.6. The second-order valence-corrected chi connectivity index (χ2v) is 17.0. The molecule has 2 heterocycles. The smallest absolute Gasteiger partial charge is 0.870 e. The first-order valence-corrected chi connectivity index (χ1v) is 20.2. The molecular weight excluding hydrogens is 716 g/mol. The molecule has 0 saturated carbocycles. The van der Waals surface area contributed by atoms with Crippen LogP contribution in [0.5, 0.6) is 0 Å². The minimum atomic E-state index is -0.597. The van der Waals surface area contributed by atoms with Crippen LogP contribution in [0.4, 0.5) is 0 Å². The zero-order valence-corrected chi connectivity index (χ0v) is 36.8. The summed E-state index contributed by atoms with van der Waals surface area (Å²) >= 11 is 0. The Kier molecular flexibility index (Phi) is 18.9. The van der Waals surface area contributed by atoms with Crippen LogP contribution in [0.15, 0.2) is 47.6 Å². The maximum Gasteiger partial charge on any atom is 1.00 e. The van der Waals surface area contributed by atoms with Gasteiger partial charge in [-0.05, 0) is 91.6 Å². The number of esters is 3. The average molecular weight is 784 g/mol. The summed E-state index contributed by atoms with van der Waals surface area (Å²) in [6.07, 6.45) is 18.5. The van der Waals surface area contributed by atoms with Crippen molar-refractivity contribution in [1.29, 1.82) is 0 Å². The van der Waals surface area contributed by atoms with E-state index in [0.29, 0.717) is 48.3 Å². The van der Waals surface area contributed by atoms with Crippen molar-refractivity contribution in [2.45, 2.75) is 149 Å². The maximum absolute atomic E-state index is 12.5. The summed E-state index contributed by atoms with van der Waals surface area (Å²) in [4.78, 5) is 35.7. The van der Waals surface area contributed by atoms with Crippen LogP contribution in [0.25, 0.3) is 0 Å². The van der Waals surface area contributed by atoms with Crippen molar-refractivity contribution in [3.05, 3.63) is 47.6 Å². The van der Waals surface area contributed by atoms with Gasteiger partial charge in [-0.2, -0.15) is 0 Å². The number of cyclic esters (lactones) is 2. The number of aliphatic hydroxyl groups is 3. The molecule has 15 atom stereocenters. The SMILES string of the molecule is CC1C=C2C=CC(C)C(CCC3CC(O)CC(=O)O3)C2C(O)C1.CCC(C)C(=O)OC1CC(C)C=C2C=CC(C)C(CC[C@@H]3CC(O)CC(=O)O3)C21.[2HH].[K+].[OH-]. The minimum absolute atomic E-state index is 0. The van der Waals surface area contributed by atoms with E-state index < -0.39 is 12.2 Å². The molecule has 0 aromatic heterocycles. The van der Waals surface area contributed by atoms with Gasteiger partial charge in [-0.25, -0.2) is 0 Å². The molecule has 10 nitrogen and oxygen atoms in total. The van der Waals surface area contributed by atoms with E-state index in [1.165, 1.54) is 11.1 Å². The Morgan fingerprint density at radius 2 is 1.24 bits per heavy atom. The number of fused-ring (bicyclic) bond motifs is 2. The van der Waals surface area contributed by atoms with Gasteiger partial charge in [0.25, 0.3) is 0 Å². The van der Waals surface area contributed by atoms with E-state index in [1.807, 2.05) is 13.8 Å². The van der Waals surface area contributed by atoms with E-state index >= 15 is 0 Å². The van der Waals surface area contributed by atoms with Crippen LogP contribution in [-0.2, 0) is 28.6 Å². The molecule has 0 bridgehead atoms. The fraction of sp³-hybridized carbons (Fsp3) is 0.744. The summed E-state index contributed by atoms with van der Waals surface area (Å²) in [5, 5.41) is 30.2. The topological polar surface area (TPSA) is 170 Å². The van der Waals surface area contributed by atoms with Gasteiger partial charge in [-0.3, -0.25) is 14.4 Å². The molecule has 0 spiro atoms. The second kappa shape index (κ2) is 21.6. The molecule has 2 aliphatic heterocycles. The summed E-state index contributed by atoms with van der Waals surface area (Å²) < 4.78 is 16.9. The molecule has 6 aliphatic rings. The maximum atomic E-state index is 12.5. The predicted octanol–water partition coefficient (Wildman–Crippen LogP) is 3.87. The zero-order chi connectivity index (χ0) is 37.7. The van der Waals surface area contributed by atoms with Crippen molar-refractivity contribution in [2.24, 2.45) is 53.3 Å². The van der Waals surface area contributed by atoms with E-state index in [1.54, 1.807) is 0 Å². The van der Waals surface area contributed by atoms with Crippen molar-refractivity contribution in [1.82, 2.24) is 0 Å². The van der Waals surface area contributed by atoms with Crippen molar-refractivity contribution >= 4 is 17.9 Å². The van der Waals surface area contributed by atoms with Crippen LogP contribution in [0.2, 0.25) is 0 Å². The molecule has 2 fully saturated rings. The van der Waals surface area contributed by atoms with Gasteiger partial charge in [0.15, 0.2) is 0 Å². The summed E-state index contributed by atoms with van der Waals surface area (Å²) in [7, 11) is 0. The number of hydrogen-bond acceptors (Lipinski definition) is 10. The normalized spacial score (nSPS) is 38.9. The number of aliphatic hydroxyl groups excluding tert-OH is 3. The molecule has 0 amide bonds. The van der Waals surface area contributed by atoms with E-state index in [4.69, 9.17) is 14.2 Å². The van der Waals surface area contributed by atoms with Gasteiger partial charge in [0.05, 0.1) is 37.1 Å². The van der Waals surface area contributed by atoms with E-state index in [2.05, 4.69) is 64.2 Å². The van der Waals surface area contributed by atoms with Crippen LogP contribution in [0, 0.1) is 53.3 Å². The minimum Gasteiger partial charge on any atom is -0.870 e. The van der Waals surface area contributed by atoms with Crippen LogP contribution in [0.3, 0.4) is 0 Å². The Labute approximate surface area is 366 Å². The van der Waals surface area contributed by atoms with Gasteiger partial charge >= 0.3 is 69.3 Å². The molecule has 4 aliphatic carbocycles. The first-order chi connectivity index (χ1) is 24.7. The van der Waals surface area contributed by atoms with E-state index in [9.17, 15) is 29.7 Å². The Morgan fingerprint density at radius 3 is 1.72 bits per heavy atom. The largest absolute Gasteiger partial charge is 1.00 e. The number of carbonyl (C=O) groups is 3. The zero-order valence-electron chi connectivity index (χ0n) is 33.6. The summed E-state index contributed by atoms with van der Waals surface area (Å²) in [5.41, 5.74) is 2.54. The Morgan fingerprint density at radius 1 is 0.778 bits per heavy atom. The van der Waals surface area contributed by atoms with Crippen molar-refractivity contribution in [3.63, 3.8) is 0 Å². The summed E-state index contributed by atoms with van der Waals surface area (Å²) in [5.74, 6) is 1.85. The van der Waals surface area contributed by atoms with Crippen LogP contribution in [-0.4, -0.2) is 75.3 Å². The molecule has 4 N–H and O–H groups in total. The molecule has 54 heavy (non-hydrogen) atoms. The van der Waals surface area contributed by atoms with Crippen molar-refractivity contribution in [2.75, 3.05) is 0 Å². The molecule has 300 valence electrons. The van der Waals surface area contributed by atoms with Crippen LogP contribution < -0.4 is 51.4 Å². The third kappa shape index (κ3) is 12.4. The molecule has 11 heteroatoms. The second-order valence-electron chi connectivity index (χ2n) is 17.0. The van der Waals surface area contributed by atoms with E-state index in [0.717, 1.165) is 44.9 Å². The third-order valence-corrected chi connectivity index (χ3v) is 12.6. The van der Waals surface area contributed by atoms with Crippen molar-refractivity contribution in [3.8, 4) is 0 Å². The number of rotatable bonds is 9. The molecule has 0 radical (unpaired) electrons. The Balaban J connectivity index is 0.000000368. The van der Waals surface area contributed by atoms with Gasteiger partial charge < -0.3 is 35.0 Å². The van der Waals surface area contributed by atoms with E-state index in [-0.39, 0.29) is 131 Å². The number of ether oxygens (including phenoxy) is 3. The van der Waals surface area contributed by atoms with Crippen LogP contribution >= 0.6 is 0 Å². The van der Waals surface area contributed by atoms with Gasteiger partial charge in [0, 0.05) is 26.1 Å². The fourth-order valence-electron chi connectivity index (χ4n) is 9.62. The first-order valence-electron chi connectivity index (χ1n) is 20.2. The Bertz CT molecular complexity index is 1400. The van der Waals surface area contributed by atoms with Gasteiger partial charge in [-0.1, -0.05) is 78.0 Å². The molecule has 14 unspecified atom stereocenters. The molecule has 0 aromatic carbocycles. The quantitative estimate of drug-likeness (QED) is 0.177. The van der Waals surface area contributed by atoms with Gasteiger partial charge in [-0.15, -0.1) is 0 Å². The van der Waals surface area contributed by atoms with Gasteiger partial charge in [0.1, 0.15) is 18.3 Å². The van der Waals surface area contributed by atoms with Gasteiger partial charge in [0.2, 0.25) is 0 Å². The first kappa shape index (κ1) is 47.2. The fourth-order valence-corrected chi connectivity index (χ4v) is 9.62. The number of carbonyl (C=O) groups excluding carboxylic acids is 3. The Hall–Kier alpha value is -1.15. The molecule has 2 saturated heterocycles. The molecule has 0 aromatic rings. The predicted molar refractivity (Wildman–Crippen MR) is 202 cm³/mol. The molecule has 6 rings (SSSR count).